The van der Waals surface area contributed by atoms with Crippen LogP contribution in [-0.4, -0.2) is 7.11 Å². The minimum Gasteiger partial charge on any atom is -0.497 e. The van der Waals surface area contributed by atoms with E-state index in [0.717, 1.165) is 24.0 Å². The third-order valence-electron chi connectivity index (χ3n) is 3.04. The van der Waals surface area contributed by atoms with Crippen molar-refractivity contribution in [2.75, 3.05) is 7.11 Å². The van der Waals surface area contributed by atoms with Crippen molar-refractivity contribution < 1.29 is 9.13 Å². The molecule has 3 rings (SSSR count). The Morgan fingerprint density at radius 2 is 2.19 bits per heavy atom. The number of ether oxygens (including phenoxy) is 1. The molecule has 16 heavy (non-hydrogen) atoms. The summed E-state index contributed by atoms with van der Waals surface area (Å²) in [6.07, 6.45) is 1.73. The SMILES string of the molecule is COc1cc(F)c2c(c1)-c1sccc1CC2. The molecule has 0 bridgehead atoms. The van der Waals surface area contributed by atoms with Gasteiger partial charge in [0.25, 0.3) is 0 Å². The molecule has 0 fully saturated rings. The van der Waals surface area contributed by atoms with Gasteiger partial charge in [-0.1, -0.05) is 0 Å². The predicted octanol–water partition coefficient (Wildman–Crippen LogP) is 3.66. The molecule has 82 valence electrons. The number of rotatable bonds is 1. The number of aryl methyl sites for hydroxylation is 1. The van der Waals surface area contributed by atoms with E-state index >= 15 is 0 Å². The molecule has 1 aliphatic rings. The molecule has 0 saturated carbocycles. The molecule has 0 unspecified atom stereocenters. The first kappa shape index (κ1) is 9.85. The number of benzene rings is 1. The minimum atomic E-state index is -0.145. The zero-order chi connectivity index (χ0) is 11.1. The van der Waals surface area contributed by atoms with Crippen molar-refractivity contribution in [1.82, 2.24) is 0 Å². The van der Waals surface area contributed by atoms with Gasteiger partial charge in [-0.15, -0.1) is 11.3 Å². The van der Waals surface area contributed by atoms with Gasteiger partial charge in [-0.3, -0.25) is 0 Å². The van der Waals surface area contributed by atoms with Gasteiger partial charge in [0.1, 0.15) is 11.6 Å². The van der Waals surface area contributed by atoms with E-state index in [1.165, 1.54) is 16.5 Å². The first-order chi connectivity index (χ1) is 7.79. The Bertz CT molecular complexity index is 545. The first-order valence-electron chi connectivity index (χ1n) is 5.22. The Kier molecular flexibility index (Phi) is 2.21. The standard InChI is InChI=1S/C13H11FOS/c1-15-9-6-11-10(12(14)7-9)3-2-8-4-5-16-13(8)11/h4-7H,2-3H2,1H3. The largest absolute Gasteiger partial charge is 0.497 e. The average Bonchev–Trinajstić information content (AvgIpc) is 2.77. The lowest BCUT2D eigenvalue weighted by molar-refractivity contribution is 0.411. The van der Waals surface area contributed by atoms with E-state index in [0.29, 0.717) is 5.75 Å². The third kappa shape index (κ3) is 1.35. The number of fused-ring (bicyclic) bond motifs is 3. The highest BCUT2D eigenvalue weighted by Gasteiger charge is 2.21. The van der Waals surface area contributed by atoms with E-state index in [1.54, 1.807) is 18.4 Å². The Labute approximate surface area is 97.5 Å². The number of hydrogen-bond donors (Lipinski definition) is 0. The van der Waals surface area contributed by atoms with Crippen LogP contribution in [0.3, 0.4) is 0 Å². The summed E-state index contributed by atoms with van der Waals surface area (Å²) >= 11 is 1.67. The van der Waals surface area contributed by atoms with E-state index in [1.807, 2.05) is 6.07 Å². The smallest absolute Gasteiger partial charge is 0.130 e. The summed E-state index contributed by atoms with van der Waals surface area (Å²) in [7, 11) is 1.57. The van der Waals surface area contributed by atoms with Crippen LogP contribution < -0.4 is 4.74 Å². The summed E-state index contributed by atoms with van der Waals surface area (Å²) in [5, 5.41) is 2.07. The third-order valence-corrected chi connectivity index (χ3v) is 4.03. The minimum absolute atomic E-state index is 0.145. The van der Waals surface area contributed by atoms with Gasteiger partial charge in [0.15, 0.2) is 0 Å². The highest BCUT2D eigenvalue weighted by Crippen LogP contribution is 2.40. The highest BCUT2D eigenvalue weighted by atomic mass is 32.1. The molecule has 0 atom stereocenters. The molecule has 1 nitrogen and oxygen atoms in total. The number of hydrogen-bond acceptors (Lipinski definition) is 2. The molecular formula is C13H11FOS. The molecule has 0 spiro atoms. The molecule has 0 aliphatic heterocycles. The Morgan fingerprint density at radius 1 is 1.31 bits per heavy atom. The van der Waals surface area contributed by atoms with Crippen molar-refractivity contribution in [3.63, 3.8) is 0 Å². The second-order valence-corrected chi connectivity index (χ2v) is 4.83. The van der Waals surface area contributed by atoms with Gasteiger partial charge < -0.3 is 4.74 Å². The lowest BCUT2D eigenvalue weighted by Crippen LogP contribution is -2.04. The summed E-state index contributed by atoms with van der Waals surface area (Å²) in [6.45, 7) is 0. The molecule has 1 aromatic carbocycles. The van der Waals surface area contributed by atoms with E-state index in [2.05, 4.69) is 11.4 Å². The maximum absolute atomic E-state index is 13.8. The normalized spacial score (nSPS) is 13.1. The fourth-order valence-electron chi connectivity index (χ4n) is 2.21. The molecule has 0 saturated heterocycles. The van der Waals surface area contributed by atoms with Crippen LogP contribution in [-0.2, 0) is 12.8 Å². The second-order valence-electron chi connectivity index (χ2n) is 3.91. The zero-order valence-corrected chi connectivity index (χ0v) is 9.73. The van der Waals surface area contributed by atoms with Gasteiger partial charge in [-0.25, -0.2) is 4.39 Å². The summed E-state index contributed by atoms with van der Waals surface area (Å²) < 4.78 is 19.0. The Balaban J connectivity index is 2.26. The fraction of sp³-hybridized carbons (Fsp3) is 0.231. The van der Waals surface area contributed by atoms with Crippen molar-refractivity contribution in [3.05, 3.63) is 40.5 Å². The lowest BCUT2D eigenvalue weighted by Gasteiger charge is -2.17. The van der Waals surface area contributed by atoms with Gasteiger partial charge in [0, 0.05) is 16.5 Å². The summed E-state index contributed by atoms with van der Waals surface area (Å²) in [4.78, 5) is 1.19. The van der Waals surface area contributed by atoms with Gasteiger partial charge >= 0.3 is 0 Å². The average molecular weight is 234 g/mol. The van der Waals surface area contributed by atoms with Crippen molar-refractivity contribution in [2.45, 2.75) is 12.8 Å². The molecule has 0 radical (unpaired) electrons. The van der Waals surface area contributed by atoms with Crippen LogP contribution in [0.15, 0.2) is 23.6 Å². The van der Waals surface area contributed by atoms with Crippen molar-refractivity contribution in [3.8, 4) is 16.2 Å². The van der Waals surface area contributed by atoms with Crippen molar-refractivity contribution in [2.24, 2.45) is 0 Å². The Hall–Kier alpha value is -1.35. The summed E-state index contributed by atoms with van der Waals surface area (Å²) in [5.41, 5.74) is 3.16. The fourth-order valence-corrected chi connectivity index (χ4v) is 3.21. The van der Waals surface area contributed by atoms with Crippen LogP contribution in [0.5, 0.6) is 5.75 Å². The molecule has 1 aromatic heterocycles. The maximum atomic E-state index is 13.8. The lowest BCUT2D eigenvalue weighted by atomic mass is 9.91. The molecule has 1 aliphatic carbocycles. The maximum Gasteiger partial charge on any atom is 0.130 e. The van der Waals surface area contributed by atoms with E-state index in [-0.39, 0.29) is 5.82 Å². The van der Waals surface area contributed by atoms with Crippen LogP contribution in [0.4, 0.5) is 4.39 Å². The molecule has 1 heterocycles. The number of thiophene rings is 1. The quantitative estimate of drug-likeness (QED) is 0.731. The van der Waals surface area contributed by atoms with Gasteiger partial charge in [0.05, 0.1) is 7.11 Å². The van der Waals surface area contributed by atoms with E-state index < -0.39 is 0 Å². The first-order valence-corrected chi connectivity index (χ1v) is 6.10. The van der Waals surface area contributed by atoms with Gasteiger partial charge in [0.2, 0.25) is 0 Å². The van der Waals surface area contributed by atoms with Crippen LogP contribution in [0.25, 0.3) is 10.4 Å². The Morgan fingerprint density at radius 3 is 3.00 bits per heavy atom. The van der Waals surface area contributed by atoms with E-state index in [4.69, 9.17) is 4.74 Å². The van der Waals surface area contributed by atoms with Gasteiger partial charge in [-0.2, -0.15) is 0 Å². The number of halogens is 1. The van der Waals surface area contributed by atoms with Crippen LogP contribution in [0.1, 0.15) is 11.1 Å². The topological polar surface area (TPSA) is 9.23 Å². The molecule has 0 amide bonds. The molecular weight excluding hydrogens is 223 g/mol. The van der Waals surface area contributed by atoms with Crippen molar-refractivity contribution in [1.29, 1.82) is 0 Å². The second kappa shape index (κ2) is 3.59. The van der Waals surface area contributed by atoms with E-state index in [9.17, 15) is 4.39 Å². The van der Waals surface area contributed by atoms with Gasteiger partial charge in [-0.05, 0) is 41.5 Å². The van der Waals surface area contributed by atoms with Crippen LogP contribution >= 0.6 is 11.3 Å². The predicted molar refractivity (Wildman–Crippen MR) is 63.7 cm³/mol. The van der Waals surface area contributed by atoms with Crippen LogP contribution in [0.2, 0.25) is 0 Å². The summed E-state index contributed by atoms with van der Waals surface area (Å²) in [6, 6.07) is 5.53. The molecule has 0 N–H and O–H groups in total. The summed E-state index contributed by atoms with van der Waals surface area (Å²) in [5.74, 6) is 0.450. The van der Waals surface area contributed by atoms with Crippen LogP contribution in [0, 0.1) is 5.82 Å². The number of methoxy groups -OCH3 is 1. The molecule has 3 heteroatoms. The van der Waals surface area contributed by atoms with Crippen molar-refractivity contribution >= 4 is 11.3 Å². The highest BCUT2D eigenvalue weighted by molar-refractivity contribution is 7.13. The monoisotopic (exact) mass is 234 g/mol. The zero-order valence-electron chi connectivity index (χ0n) is 8.92. The molecule has 2 aromatic rings.